The quantitative estimate of drug-likeness (QED) is 0.776. The number of nitrogens with one attached hydrogen (secondary N) is 1. The summed E-state index contributed by atoms with van der Waals surface area (Å²) in [5.74, 6) is -0.872. The van der Waals surface area contributed by atoms with E-state index in [4.69, 9.17) is 5.11 Å². The van der Waals surface area contributed by atoms with Gasteiger partial charge >= 0.3 is 5.97 Å². The molecule has 0 aromatic carbocycles. The van der Waals surface area contributed by atoms with Gasteiger partial charge in [-0.05, 0) is 11.6 Å². The van der Waals surface area contributed by atoms with Gasteiger partial charge in [0.15, 0.2) is 0 Å². The number of amides is 1. The molecule has 1 fully saturated rings. The first-order valence-electron chi connectivity index (χ1n) is 5.77. The average molecular weight is 249 g/mol. The van der Waals surface area contributed by atoms with Crippen molar-refractivity contribution < 1.29 is 14.7 Å². The fraction of sp³-hybridized carbons (Fsp3) is 0.417. The minimum absolute atomic E-state index is 0.0134. The van der Waals surface area contributed by atoms with Gasteiger partial charge in [0.2, 0.25) is 5.91 Å². The molecular formula is C12H15N3O3. The molecular weight excluding hydrogens is 234 g/mol. The molecule has 1 atom stereocenters. The molecule has 2 N–H and O–H groups in total. The maximum Gasteiger partial charge on any atom is 0.304 e. The normalized spacial score (nSPS) is 19.9. The van der Waals surface area contributed by atoms with E-state index in [1.54, 1.807) is 17.3 Å². The lowest BCUT2D eigenvalue weighted by molar-refractivity contribution is -0.140. The second kappa shape index (κ2) is 5.59. The summed E-state index contributed by atoms with van der Waals surface area (Å²) in [6, 6.07) is 3.53. The van der Waals surface area contributed by atoms with Crippen molar-refractivity contribution in [2.75, 3.05) is 13.1 Å². The molecule has 1 saturated heterocycles. The van der Waals surface area contributed by atoms with Crippen LogP contribution in [0.25, 0.3) is 0 Å². The van der Waals surface area contributed by atoms with Crippen LogP contribution in [0.1, 0.15) is 12.0 Å². The topological polar surface area (TPSA) is 82.5 Å². The number of hydrogen-bond acceptors (Lipinski definition) is 4. The fourth-order valence-electron chi connectivity index (χ4n) is 1.99. The van der Waals surface area contributed by atoms with E-state index < -0.39 is 5.97 Å². The van der Waals surface area contributed by atoms with Gasteiger partial charge < -0.3 is 15.3 Å². The monoisotopic (exact) mass is 249 g/mol. The number of pyridine rings is 1. The summed E-state index contributed by atoms with van der Waals surface area (Å²) in [7, 11) is 0. The number of hydrogen-bond donors (Lipinski definition) is 2. The van der Waals surface area contributed by atoms with Crippen LogP contribution in [0.2, 0.25) is 0 Å². The van der Waals surface area contributed by atoms with Crippen molar-refractivity contribution in [3.05, 3.63) is 30.1 Å². The number of piperazine rings is 1. The van der Waals surface area contributed by atoms with Gasteiger partial charge in [0.05, 0.1) is 13.0 Å². The highest BCUT2D eigenvalue weighted by atomic mass is 16.4. The van der Waals surface area contributed by atoms with Crippen molar-refractivity contribution in [1.82, 2.24) is 15.2 Å². The van der Waals surface area contributed by atoms with Gasteiger partial charge in [-0.2, -0.15) is 0 Å². The van der Waals surface area contributed by atoms with Crippen LogP contribution in [-0.2, 0) is 16.1 Å². The van der Waals surface area contributed by atoms with Crippen LogP contribution in [0.5, 0.6) is 0 Å². The first kappa shape index (κ1) is 12.5. The highest BCUT2D eigenvalue weighted by molar-refractivity contribution is 5.79. The Bertz CT molecular complexity index is 435. The molecule has 6 heteroatoms. The van der Waals surface area contributed by atoms with Crippen LogP contribution in [0.3, 0.4) is 0 Å². The summed E-state index contributed by atoms with van der Waals surface area (Å²) in [6.45, 7) is 1.09. The van der Waals surface area contributed by atoms with Crippen molar-refractivity contribution in [1.29, 1.82) is 0 Å². The molecule has 0 bridgehead atoms. The molecule has 0 saturated carbocycles. The first-order valence-corrected chi connectivity index (χ1v) is 5.77. The summed E-state index contributed by atoms with van der Waals surface area (Å²) in [5.41, 5.74) is 0.946. The van der Waals surface area contributed by atoms with Gasteiger partial charge in [0.1, 0.15) is 0 Å². The second-order valence-electron chi connectivity index (χ2n) is 4.31. The van der Waals surface area contributed by atoms with E-state index >= 15 is 0 Å². The number of carboxylic acids is 1. The van der Waals surface area contributed by atoms with E-state index in [-0.39, 0.29) is 24.9 Å². The predicted molar refractivity (Wildman–Crippen MR) is 63.7 cm³/mol. The van der Waals surface area contributed by atoms with Crippen LogP contribution in [0.15, 0.2) is 24.5 Å². The van der Waals surface area contributed by atoms with Crippen molar-refractivity contribution in [2.24, 2.45) is 0 Å². The third-order valence-corrected chi connectivity index (χ3v) is 2.85. The van der Waals surface area contributed by atoms with Gasteiger partial charge in [-0.25, -0.2) is 0 Å². The standard InChI is InChI=1S/C12H15N3O3/c16-11-6-14-10(4-12(17)18)8-15(11)7-9-2-1-3-13-5-9/h1-3,5,10,14H,4,6-8H2,(H,17,18). The fourth-order valence-corrected chi connectivity index (χ4v) is 1.99. The van der Waals surface area contributed by atoms with Gasteiger partial charge in [-0.3, -0.25) is 14.6 Å². The van der Waals surface area contributed by atoms with Gasteiger partial charge in [0.25, 0.3) is 0 Å². The number of carboxylic acid groups (broad SMARTS) is 1. The van der Waals surface area contributed by atoms with Crippen LogP contribution in [-0.4, -0.2) is 46.0 Å². The van der Waals surface area contributed by atoms with Crippen molar-refractivity contribution in [2.45, 2.75) is 19.0 Å². The molecule has 1 aromatic rings. The van der Waals surface area contributed by atoms with Gasteiger partial charge in [0, 0.05) is 31.5 Å². The number of rotatable bonds is 4. The van der Waals surface area contributed by atoms with Crippen molar-refractivity contribution >= 4 is 11.9 Å². The molecule has 0 radical (unpaired) electrons. The Morgan fingerprint density at radius 1 is 1.61 bits per heavy atom. The first-order chi connectivity index (χ1) is 8.65. The molecule has 1 unspecified atom stereocenters. The molecule has 1 amide bonds. The molecule has 1 aromatic heterocycles. The third kappa shape index (κ3) is 3.27. The molecule has 0 spiro atoms. The summed E-state index contributed by atoms with van der Waals surface area (Å²) < 4.78 is 0. The zero-order valence-electron chi connectivity index (χ0n) is 9.87. The Morgan fingerprint density at radius 3 is 3.11 bits per heavy atom. The Hall–Kier alpha value is -1.95. The van der Waals surface area contributed by atoms with E-state index in [2.05, 4.69) is 10.3 Å². The van der Waals surface area contributed by atoms with Gasteiger partial charge in [-0.15, -0.1) is 0 Å². The van der Waals surface area contributed by atoms with Gasteiger partial charge in [-0.1, -0.05) is 6.07 Å². The number of aromatic nitrogens is 1. The Balaban J connectivity index is 1.97. The summed E-state index contributed by atoms with van der Waals surface area (Å²) >= 11 is 0. The minimum atomic E-state index is -0.858. The molecule has 6 nitrogen and oxygen atoms in total. The summed E-state index contributed by atoms with van der Waals surface area (Å²) in [6.07, 6.45) is 3.41. The Morgan fingerprint density at radius 2 is 2.44 bits per heavy atom. The van der Waals surface area contributed by atoms with Crippen LogP contribution >= 0.6 is 0 Å². The third-order valence-electron chi connectivity index (χ3n) is 2.85. The molecule has 2 heterocycles. The molecule has 96 valence electrons. The van der Waals surface area contributed by atoms with E-state index in [1.807, 2.05) is 12.1 Å². The second-order valence-corrected chi connectivity index (χ2v) is 4.31. The molecule has 1 aliphatic rings. The van der Waals surface area contributed by atoms with Crippen LogP contribution < -0.4 is 5.32 Å². The van der Waals surface area contributed by atoms with E-state index in [1.165, 1.54) is 0 Å². The smallest absolute Gasteiger partial charge is 0.304 e. The maximum atomic E-state index is 11.7. The Kier molecular flexibility index (Phi) is 3.88. The van der Waals surface area contributed by atoms with Crippen molar-refractivity contribution in [3.63, 3.8) is 0 Å². The lowest BCUT2D eigenvalue weighted by atomic mass is 10.1. The number of carbonyl (C=O) groups excluding carboxylic acids is 1. The number of nitrogens with zero attached hydrogens (tertiary/aromatic N) is 2. The average Bonchev–Trinajstić information content (AvgIpc) is 2.34. The lowest BCUT2D eigenvalue weighted by Crippen LogP contribution is -2.54. The SMILES string of the molecule is O=C(O)CC1CN(Cc2cccnc2)C(=O)CN1. The largest absolute Gasteiger partial charge is 0.481 e. The van der Waals surface area contributed by atoms with Crippen LogP contribution in [0, 0.1) is 0 Å². The number of aliphatic carboxylic acids is 1. The van der Waals surface area contributed by atoms with E-state index in [0.29, 0.717) is 13.1 Å². The molecule has 2 rings (SSSR count). The summed E-state index contributed by atoms with van der Waals surface area (Å²) in [5, 5.41) is 11.7. The summed E-state index contributed by atoms with van der Waals surface area (Å²) in [4.78, 5) is 28.0. The predicted octanol–water partition coefficient (Wildman–Crippen LogP) is -0.143. The highest BCUT2D eigenvalue weighted by Gasteiger charge is 2.26. The van der Waals surface area contributed by atoms with E-state index in [0.717, 1.165) is 5.56 Å². The molecule has 1 aliphatic heterocycles. The maximum absolute atomic E-state index is 11.7. The Labute approximate surface area is 105 Å². The lowest BCUT2D eigenvalue weighted by Gasteiger charge is -2.32. The zero-order valence-corrected chi connectivity index (χ0v) is 9.87. The molecule has 0 aliphatic carbocycles. The highest BCUT2D eigenvalue weighted by Crippen LogP contribution is 2.09. The van der Waals surface area contributed by atoms with Crippen molar-refractivity contribution in [3.8, 4) is 0 Å². The van der Waals surface area contributed by atoms with Crippen LogP contribution in [0.4, 0.5) is 0 Å². The number of carbonyl (C=O) groups is 2. The van der Waals surface area contributed by atoms with E-state index in [9.17, 15) is 9.59 Å². The molecule has 18 heavy (non-hydrogen) atoms. The minimum Gasteiger partial charge on any atom is -0.481 e. The zero-order chi connectivity index (χ0) is 13.0.